The Labute approximate surface area is 104 Å². The summed E-state index contributed by atoms with van der Waals surface area (Å²) in [6.45, 7) is 5.50. The van der Waals surface area contributed by atoms with Crippen molar-refractivity contribution in [3.8, 4) is 0 Å². The molecule has 0 radical (unpaired) electrons. The standard InChI is InChI=1S/C11H17NO4S/c1-10(4-5-11(13)15-2)16-8-7-12-6-3-9-17(12)14/h4-5H,1,3,6-9H2,2H3/b5-4+. The second-order valence-electron chi connectivity index (χ2n) is 3.48. The summed E-state index contributed by atoms with van der Waals surface area (Å²) in [4.78, 5) is 10.8. The Morgan fingerprint density at radius 1 is 1.53 bits per heavy atom. The van der Waals surface area contributed by atoms with Gasteiger partial charge < -0.3 is 9.47 Å². The fourth-order valence-electron chi connectivity index (χ4n) is 1.36. The average Bonchev–Trinajstić information content (AvgIpc) is 2.72. The third-order valence-corrected chi connectivity index (χ3v) is 3.83. The molecule has 0 bridgehead atoms. The highest BCUT2D eigenvalue weighted by molar-refractivity contribution is 7.82. The molecule has 1 aliphatic rings. The number of nitrogens with zero attached hydrogens (tertiary/aromatic N) is 1. The first-order valence-electron chi connectivity index (χ1n) is 5.34. The number of ether oxygens (including phenoxy) is 2. The van der Waals surface area contributed by atoms with E-state index in [1.54, 1.807) is 0 Å². The molecule has 0 aromatic carbocycles. The minimum Gasteiger partial charge on any atom is -0.493 e. The number of carbonyl (C=O) groups excluding carboxylic acids is 1. The third-order valence-electron chi connectivity index (χ3n) is 2.25. The lowest BCUT2D eigenvalue weighted by Gasteiger charge is -2.13. The number of rotatable bonds is 6. The van der Waals surface area contributed by atoms with Gasteiger partial charge in [0, 0.05) is 24.9 Å². The summed E-state index contributed by atoms with van der Waals surface area (Å²) >= 11 is 0. The number of esters is 1. The van der Waals surface area contributed by atoms with Crippen molar-refractivity contribution in [2.24, 2.45) is 0 Å². The highest BCUT2D eigenvalue weighted by atomic mass is 32.2. The molecule has 0 spiro atoms. The number of allylic oxidation sites excluding steroid dienone is 1. The molecule has 17 heavy (non-hydrogen) atoms. The van der Waals surface area contributed by atoms with Gasteiger partial charge in [0.25, 0.3) is 0 Å². The van der Waals surface area contributed by atoms with Crippen LogP contribution in [0.4, 0.5) is 0 Å². The van der Waals surface area contributed by atoms with E-state index in [4.69, 9.17) is 4.74 Å². The van der Waals surface area contributed by atoms with Gasteiger partial charge in [-0.25, -0.2) is 13.3 Å². The summed E-state index contributed by atoms with van der Waals surface area (Å²) in [5, 5.41) is 0. The van der Waals surface area contributed by atoms with Gasteiger partial charge in [0.1, 0.15) is 12.4 Å². The van der Waals surface area contributed by atoms with Crippen LogP contribution in [0.1, 0.15) is 6.42 Å². The topological polar surface area (TPSA) is 55.8 Å². The van der Waals surface area contributed by atoms with Gasteiger partial charge in [-0.1, -0.05) is 6.58 Å². The minimum absolute atomic E-state index is 0.389. The van der Waals surface area contributed by atoms with Crippen molar-refractivity contribution in [2.75, 3.05) is 32.6 Å². The van der Waals surface area contributed by atoms with E-state index in [2.05, 4.69) is 11.3 Å². The summed E-state index contributed by atoms with van der Waals surface area (Å²) in [6.07, 6.45) is 3.67. The molecule has 96 valence electrons. The normalized spacial score (nSPS) is 20.6. The van der Waals surface area contributed by atoms with Crippen molar-refractivity contribution in [1.29, 1.82) is 0 Å². The maximum absolute atomic E-state index is 11.4. The molecule has 0 N–H and O–H groups in total. The van der Waals surface area contributed by atoms with Gasteiger partial charge in [-0.15, -0.1) is 0 Å². The zero-order valence-corrected chi connectivity index (χ0v) is 10.7. The number of methoxy groups -OCH3 is 1. The van der Waals surface area contributed by atoms with E-state index in [0.29, 0.717) is 18.9 Å². The Balaban J connectivity index is 2.18. The van der Waals surface area contributed by atoms with E-state index >= 15 is 0 Å². The molecule has 1 fully saturated rings. The lowest BCUT2D eigenvalue weighted by molar-refractivity contribution is -0.134. The molecular weight excluding hydrogens is 242 g/mol. The highest BCUT2D eigenvalue weighted by Gasteiger charge is 2.19. The predicted molar refractivity (Wildman–Crippen MR) is 65.4 cm³/mol. The lowest BCUT2D eigenvalue weighted by atomic mass is 10.4. The summed E-state index contributed by atoms with van der Waals surface area (Å²) in [7, 11) is 0.448. The fourth-order valence-corrected chi connectivity index (χ4v) is 2.61. The molecular formula is C11H17NO4S. The third kappa shape index (κ3) is 5.14. The van der Waals surface area contributed by atoms with Crippen molar-refractivity contribution in [2.45, 2.75) is 6.42 Å². The van der Waals surface area contributed by atoms with Gasteiger partial charge in [0.15, 0.2) is 0 Å². The molecule has 1 heterocycles. The minimum atomic E-state index is -0.856. The molecule has 0 saturated carbocycles. The van der Waals surface area contributed by atoms with Crippen molar-refractivity contribution in [1.82, 2.24) is 4.31 Å². The zero-order valence-electron chi connectivity index (χ0n) is 9.89. The number of hydrogen-bond acceptors (Lipinski definition) is 4. The van der Waals surface area contributed by atoms with Gasteiger partial charge >= 0.3 is 5.97 Å². The van der Waals surface area contributed by atoms with Crippen LogP contribution >= 0.6 is 0 Å². The quantitative estimate of drug-likeness (QED) is 0.304. The SMILES string of the molecule is C=C(/C=C/C(=O)OC)OCCN1CCCS1=O. The Morgan fingerprint density at radius 3 is 2.88 bits per heavy atom. The molecule has 0 amide bonds. The monoisotopic (exact) mass is 259 g/mol. The molecule has 1 atom stereocenters. The molecule has 1 saturated heterocycles. The summed E-state index contributed by atoms with van der Waals surface area (Å²) in [5.74, 6) is 0.680. The number of carbonyl (C=O) groups is 1. The van der Waals surface area contributed by atoms with Crippen LogP contribution in [0.2, 0.25) is 0 Å². The van der Waals surface area contributed by atoms with Crippen molar-refractivity contribution >= 4 is 17.0 Å². The molecule has 1 rings (SSSR count). The first kappa shape index (κ1) is 13.9. The van der Waals surface area contributed by atoms with Crippen molar-refractivity contribution in [3.05, 3.63) is 24.5 Å². The van der Waals surface area contributed by atoms with Gasteiger partial charge in [-0.05, 0) is 12.5 Å². The smallest absolute Gasteiger partial charge is 0.330 e. The summed E-state index contributed by atoms with van der Waals surface area (Å²) in [6, 6.07) is 0. The van der Waals surface area contributed by atoms with Crippen LogP contribution in [0.15, 0.2) is 24.5 Å². The van der Waals surface area contributed by atoms with Gasteiger partial charge in [-0.3, -0.25) is 0 Å². The second-order valence-corrected chi connectivity index (χ2v) is 5.05. The first-order valence-corrected chi connectivity index (χ1v) is 6.62. The van der Waals surface area contributed by atoms with Crippen LogP contribution in [-0.2, 0) is 25.3 Å². The van der Waals surface area contributed by atoms with Crippen LogP contribution in [0.25, 0.3) is 0 Å². The van der Waals surface area contributed by atoms with Gasteiger partial charge in [-0.2, -0.15) is 0 Å². The Morgan fingerprint density at radius 2 is 2.29 bits per heavy atom. The molecule has 6 heteroatoms. The molecule has 1 unspecified atom stereocenters. The molecule has 5 nitrogen and oxygen atoms in total. The second kappa shape index (κ2) is 7.24. The van der Waals surface area contributed by atoms with Gasteiger partial charge in [0.05, 0.1) is 18.1 Å². The van der Waals surface area contributed by atoms with E-state index < -0.39 is 17.0 Å². The van der Waals surface area contributed by atoms with E-state index in [-0.39, 0.29) is 0 Å². The van der Waals surface area contributed by atoms with E-state index in [1.165, 1.54) is 19.3 Å². The molecule has 0 aromatic rings. The Hall–Kier alpha value is -1.14. The van der Waals surface area contributed by atoms with Crippen LogP contribution in [0.5, 0.6) is 0 Å². The van der Waals surface area contributed by atoms with Crippen LogP contribution in [0, 0.1) is 0 Å². The Kier molecular flexibility index (Phi) is 5.93. The van der Waals surface area contributed by atoms with E-state index in [9.17, 15) is 9.00 Å². The summed E-state index contributed by atoms with van der Waals surface area (Å²) < 4.78 is 23.0. The zero-order chi connectivity index (χ0) is 12.7. The van der Waals surface area contributed by atoms with Crippen molar-refractivity contribution in [3.63, 3.8) is 0 Å². The predicted octanol–water partition coefficient (Wildman–Crippen LogP) is 0.615. The van der Waals surface area contributed by atoms with E-state index in [1.807, 2.05) is 4.31 Å². The maximum atomic E-state index is 11.4. The van der Waals surface area contributed by atoms with Crippen LogP contribution in [-0.4, -0.2) is 47.0 Å². The van der Waals surface area contributed by atoms with Crippen LogP contribution < -0.4 is 0 Å². The fraction of sp³-hybridized carbons (Fsp3) is 0.545. The lowest BCUT2D eigenvalue weighted by Crippen LogP contribution is -2.25. The largest absolute Gasteiger partial charge is 0.493 e. The Bertz CT molecular complexity index is 340. The number of hydrogen-bond donors (Lipinski definition) is 0. The van der Waals surface area contributed by atoms with Crippen molar-refractivity contribution < 1.29 is 18.5 Å². The van der Waals surface area contributed by atoms with Crippen LogP contribution in [0.3, 0.4) is 0 Å². The highest BCUT2D eigenvalue weighted by Crippen LogP contribution is 2.08. The first-order chi connectivity index (χ1) is 8.13. The average molecular weight is 259 g/mol. The summed E-state index contributed by atoms with van der Waals surface area (Å²) in [5.41, 5.74) is 0. The molecule has 1 aliphatic heterocycles. The molecule has 0 aromatic heterocycles. The van der Waals surface area contributed by atoms with Gasteiger partial charge in [0.2, 0.25) is 0 Å². The molecule has 0 aliphatic carbocycles. The maximum Gasteiger partial charge on any atom is 0.330 e. The van der Waals surface area contributed by atoms with E-state index in [0.717, 1.165) is 18.7 Å².